The molecule has 0 aromatic rings. The summed E-state index contributed by atoms with van der Waals surface area (Å²) in [5, 5.41) is 0. The van der Waals surface area contributed by atoms with Crippen molar-refractivity contribution in [1.29, 1.82) is 0 Å². The Hall–Kier alpha value is -0.850. The third kappa shape index (κ3) is 5.01. The van der Waals surface area contributed by atoms with Gasteiger partial charge in [0, 0.05) is 11.9 Å². The highest BCUT2D eigenvalue weighted by atomic mass is 14.7. The summed E-state index contributed by atoms with van der Waals surface area (Å²) < 4.78 is 0. The van der Waals surface area contributed by atoms with Gasteiger partial charge in [0.25, 0.3) is 0 Å². The van der Waals surface area contributed by atoms with Gasteiger partial charge in [0.2, 0.25) is 0 Å². The van der Waals surface area contributed by atoms with E-state index in [1.165, 1.54) is 0 Å². The summed E-state index contributed by atoms with van der Waals surface area (Å²) in [6.45, 7) is 9.34. The van der Waals surface area contributed by atoms with Gasteiger partial charge in [-0.25, -0.2) is 0 Å². The maximum absolute atomic E-state index is 3.99. The fourth-order valence-corrected chi connectivity index (χ4v) is 0.511. The zero-order valence-electron chi connectivity index (χ0n) is 5.93. The van der Waals surface area contributed by atoms with Crippen molar-refractivity contribution in [1.82, 2.24) is 0 Å². The van der Waals surface area contributed by atoms with Crippen LogP contribution < -0.4 is 0 Å². The van der Waals surface area contributed by atoms with Crippen LogP contribution in [0.1, 0.15) is 19.8 Å². The molecule has 0 fully saturated rings. The summed E-state index contributed by atoms with van der Waals surface area (Å²) in [7, 11) is 0. The lowest BCUT2D eigenvalue weighted by Gasteiger charge is -1.91. The van der Waals surface area contributed by atoms with E-state index >= 15 is 0 Å². The van der Waals surface area contributed by atoms with E-state index in [-0.39, 0.29) is 0 Å². The van der Waals surface area contributed by atoms with Crippen LogP contribution in [-0.2, 0) is 0 Å². The monoisotopic (exact) mass is 123 g/mol. The van der Waals surface area contributed by atoms with Gasteiger partial charge in [0.15, 0.2) is 0 Å². The summed E-state index contributed by atoms with van der Waals surface area (Å²) in [6.07, 6.45) is 5.40. The highest BCUT2D eigenvalue weighted by molar-refractivity contribution is 5.71. The standard InChI is InChI=1S/C8H13N/c1-4-6-8(3)9-7-5-2/h5,7H,2-4,6H2,1H3. The van der Waals surface area contributed by atoms with E-state index in [9.17, 15) is 0 Å². The number of aliphatic imine (C=N–C) groups is 1. The maximum Gasteiger partial charge on any atom is 0.0331 e. The van der Waals surface area contributed by atoms with Crippen LogP contribution in [0.4, 0.5) is 0 Å². The van der Waals surface area contributed by atoms with Gasteiger partial charge in [-0.2, -0.15) is 0 Å². The lowest BCUT2D eigenvalue weighted by atomic mass is 10.3. The van der Waals surface area contributed by atoms with Gasteiger partial charge in [0.05, 0.1) is 0 Å². The molecule has 0 aromatic carbocycles. The summed E-state index contributed by atoms with van der Waals surface area (Å²) in [4.78, 5) is 3.99. The molecule has 1 heteroatoms. The quantitative estimate of drug-likeness (QED) is 0.509. The number of nitrogens with zero attached hydrogens (tertiary/aromatic N) is 1. The molecule has 0 aromatic heterocycles. The molecule has 0 spiro atoms. The molecular weight excluding hydrogens is 110 g/mol. The van der Waals surface area contributed by atoms with Gasteiger partial charge in [-0.3, -0.25) is 4.99 Å². The van der Waals surface area contributed by atoms with Crippen molar-refractivity contribution in [2.24, 2.45) is 4.99 Å². The Bertz CT molecular complexity index is 123. The molecule has 1 nitrogen and oxygen atoms in total. The zero-order valence-corrected chi connectivity index (χ0v) is 5.93. The van der Waals surface area contributed by atoms with Crippen LogP contribution in [-0.4, -0.2) is 6.21 Å². The third-order valence-corrected chi connectivity index (χ3v) is 0.901. The molecule has 0 aliphatic rings. The Morgan fingerprint density at radius 3 is 2.78 bits per heavy atom. The molecule has 0 saturated carbocycles. The second-order valence-electron chi connectivity index (χ2n) is 1.83. The first-order valence-electron chi connectivity index (χ1n) is 3.14. The minimum Gasteiger partial charge on any atom is -0.262 e. The van der Waals surface area contributed by atoms with Crippen LogP contribution in [0.2, 0.25) is 0 Å². The summed E-state index contributed by atoms with van der Waals surface area (Å²) >= 11 is 0. The number of allylic oxidation sites excluding steroid dienone is 2. The Morgan fingerprint density at radius 2 is 2.33 bits per heavy atom. The molecule has 0 amide bonds. The molecule has 0 radical (unpaired) electrons. The third-order valence-electron chi connectivity index (χ3n) is 0.901. The van der Waals surface area contributed by atoms with Gasteiger partial charge >= 0.3 is 0 Å². The van der Waals surface area contributed by atoms with Crippen LogP contribution in [0.5, 0.6) is 0 Å². The van der Waals surface area contributed by atoms with Crippen LogP contribution in [0.25, 0.3) is 0 Å². The fraction of sp³-hybridized carbons (Fsp3) is 0.375. The lowest BCUT2D eigenvalue weighted by Crippen LogP contribution is -1.74. The number of hydrogen-bond donors (Lipinski definition) is 0. The van der Waals surface area contributed by atoms with Gasteiger partial charge in [-0.05, 0) is 6.42 Å². The second kappa shape index (κ2) is 5.29. The molecule has 0 aliphatic heterocycles. The van der Waals surface area contributed by atoms with E-state index in [0.717, 1.165) is 18.5 Å². The average molecular weight is 123 g/mol. The van der Waals surface area contributed by atoms with E-state index < -0.39 is 0 Å². The van der Waals surface area contributed by atoms with Crippen LogP contribution in [0.15, 0.2) is 29.9 Å². The minimum absolute atomic E-state index is 0.928. The van der Waals surface area contributed by atoms with E-state index in [1.807, 2.05) is 0 Å². The van der Waals surface area contributed by atoms with Crippen LogP contribution in [0.3, 0.4) is 0 Å². The Labute approximate surface area is 56.8 Å². The second-order valence-corrected chi connectivity index (χ2v) is 1.83. The first-order chi connectivity index (χ1) is 4.31. The fourth-order valence-electron chi connectivity index (χ4n) is 0.511. The van der Waals surface area contributed by atoms with Crippen LogP contribution >= 0.6 is 0 Å². The van der Waals surface area contributed by atoms with E-state index in [4.69, 9.17) is 0 Å². The molecule has 0 atom stereocenters. The molecule has 9 heavy (non-hydrogen) atoms. The lowest BCUT2D eigenvalue weighted by molar-refractivity contribution is 0.899. The largest absolute Gasteiger partial charge is 0.262 e. The van der Waals surface area contributed by atoms with Crippen LogP contribution in [0, 0.1) is 0 Å². The van der Waals surface area contributed by atoms with Crippen molar-refractivity contribution in [3.8, 4) is 0 Å². The average Bonchev–Trinajstić information content (AvgIpc) is 1.85. The molecule has 0 unspecified atom stereocenters. The van der Waals surface area contributed by atoms with Crippen molar-refractivity contribution in [3.63, 3.8) is 0 Å². The molecule has 50 valence electrons. The van der Waals surface area contributed by atoms with Crippen molar-refractivity contribution in [2.45, 2.75) is 19.8 Å². The number of rotatable bonds is 4. The van der Waals surface area contributed by atoms with Crippen molar-refractivity contribution < 1.29 is 0 Å². The molecular formula is C8H13N. The molecule has 0 rings (SSSR count). The first kappa shape index (κ1) is 8.15. The van der Waals surface area contributed by atoms with Gasteiger partial charge < -0.3 is 0 Å². The molecule has 0 saturated heterocycles. The Morgan fingerprint density at radius 1 is 1.67 bits per heavy atom. The molecule has 0 bridgehead atoms. The van der Waals surface area contributed by atoms with Crippen molar-refractivity contribution in [2.75, 3.05) is 0 Å². The molecule has 0 heterocycles. The minimum atomic E-state index is 0.928. The normalized spacial score (nSPS) is 9.89. The predicted molar refractivity (Wildman–Crippen MR) is 42.7 cm³/mol. The summed E-state index contributed by atoms with van der Waals surface area (Å²) in [5.41, 5.74) is 0.928. The first-order valence-corrected chi connectivity index (χ1v) is 3.14. The van der Waals surface area contributed by atoms with Gasteiger partial charge in [-0.1, -0.05) is 32.6 Å². The maximum atomic E-state index is 3.99. The predicted octanol–water partition coefficient (Wildman–Crippen LogP) is 2.56. The Kier molecular flexibility index (Phi) is 4.79. The molecule has 0 aliphatic carbocycles. The van der Waals surface area contributed by atoms with E-state index in [2.05, 4.69) is 25.1 Å². The highest BCUT2D eigenvalue weighted by Crippen LogP contribution is 2.00. The van der Waals surface area contributed by atoms with Crippen molar-refractivity contribution in [3.05, 3.63) is 24.9 Å². The zero-order chi connectivity index (χ0) is 7.11. The van der Waals surface area contributed by atoms with E-state index in [0.29, 0.717) is 0 Å². The number of hydrogen-bond acceptors (Lipinski definition) is 1. The summed E-state index contributed by atoms with van der Waals surface area (Å²) in [6, 6.07) is 0. The summed E-state index contributed by atoms with van der Waals surface area (Å²) in [5.74, 6) is 0. The topological polar surface area (TPSA) is 12.4 Å². The van der Waals surface area contributed by atoms with Gasteiger partial charge in [0.1, 0.15) is 0 Å². The highest BCUT2D eigenvalue weighted by Gasteiger charge is 1.82. The smallest absolute Gasteiger partial charge is 0.0331 e. The Balaban J connectivity index is 3.49. The van der Waals surface area contributed by atoms with E-state index in [1.54, 1.807) is 12.3 Å². The van der Waals surface area contributed by atoms with Crippen molar-refractivity contribution >= 4 is 6.21 Å². The SMILES string of the molecule is C=CC=NC(=C)CCC. The molecule has 0 N–H and O–H groups in total. The van der Waals surface area contributed by atoms with Gasteiger partial charge in [-0.15, -0.1) is 0 Å².